The molecule has 1 N–H and O–H groups in total. The van der Waals surface area contributed by atoms with E-state index < -0.39 is 0 Å². The standard InChI is InChI=1S/C16H20ClNO.ClH/c1-2-10-19-16-9-8-14(17)11-13(16)12-18-15-6-4-3-5-7-15;/h1,8-9,11,15,18H,3-7,10,12H2;1H. The summed E-state index contributed by atoms with van der Waals surface area (Å²) in [5.74, 6) is 3.31. The molecule has 0 unspecified atom stereocenters. The number of halogens is 2. The second-order valence-corrected chi connectivity index (χ2v) is 5.40. The highest BCUT2D eigenvalue weighted by Gasteiger charge is 2.13. The van der Waals surface area contributed by atoms with Crippen molar-refractivity contribution in [1.82, 2.24) is 5.32 Å². The Kier molecular flexibility index (Phi) is 7.84. The SMILES string of the molecule is C#CCOc1ccc(Cl)cc1CNC1CCCCC1.Cl. The van der Waals surface area contributed by atoms with Crippen molar-refractivity contribution in [1.29, 1.82) is 0 Å². The third-order valence-electron chi connectivity index (χ3n) is 3.52. The van der Waals surface area contributed by atoms with Crippen molar-refractivity contribution >= 4 is 24.0 Å². The van der Waals surface area contributed by atoms with Crippen LogP contribution < -0.4 is 10.1 Å². The molecule has 1 fully saturated rings. The Morgan fingerprint density at radius 2 is 2.05 bits per heavy atom. The summed E-state index contributed by atoms with van der Waals surface area (Å²) >= 11 is 6.05. The van der Waals surface area contributed by atoms with Gasteiger partial charge in [-0.2, -0.15) is 0 Å². The molecule has 1 aromatic carbocycles. The molecule has 1 saturated carbocycles. The zero-order chi connectivity index (χ0) is 13.5. The van der Waals surface area contributed by atoms with E-state index in [9.17, 15) is 0 Å². The first kappa shape index (κ1) is 17.2. The summed E-state index contributed by atoms with van der Waals surface area (Å²) in [6.07, 6.45) is 11.8. The van der Waals surface area contributed by atoms with Crippen LogP contribution in [0, 0.1) is 12.3 Å². The predicted molar refractivity (Wildman–Crippen MR) is 86.7 cm³/mol. The molecule has 1 aliphatic carbocycles. The quantitative estimate of drug-likeness (QED) is 0.823. The lowest BCUT2D eigenvalue weighted by atomic mass is 9.95. The lowest BCUT2D eigenvalue weighted by Gasteiger charge is -2.23. The van der Waals surface area contributed by atoms with Crippen LogP contribution in [0.2, 0.25) is 5.02 Å². The minimum atomic E-state index is 0. The Morgan fingerprint density at radius 1 is 1.30 bits per heavy atom. The molecule has 1 aliphatic rings. The molecule has 4 heteroatoms. The first-order valence-electron chi connectivity index (χ1n) is 6.87. The van der Waals surface area contributed by atoms with Crippen LogP contribution >= 0.6 is 24.0 Å². The summed E-state index contributed by atoms with van der Waals surface area (Å²) in [4.78, 5) is 0. The summed E-state index contributed by atoms with van der Waals surface area (Å²) in [6.45, 7) is 1.07. The fourth-order valence-corrected chi connectivity index (χ4v) is 2.70. The summed E-state index contributed by atoms with van der Waals surface area (Å²) in [6, 6.07) is 6.28. The lowest BCUT2D eigenvalue weighted by molar-refractivity contribution is 0.352. The van der Waals surface area contributed by atoms with Gasteiger partial charge in [0, 0.05) is 23.2 Å². The first-order chi connectivity index (χ1) is 9.29. The van der Waals surface area contributed by atoms with Crippen molar-refractivity contribution in [2.24, 2.45) is 0 Å². The Morgan fingerprint density at radius 3 is 2.75 bits per heavy atom. The van der Waals surface area contributed by atoms with Gasteiger partial charge in [0.1, 0.15) is 12.4 Å². The van der Waals surface area contributed by atoms with Gasteiger partial charge in [-0.15, -0.1) is 18.8 Å². The average molecular weight is 314 g/mol. The normalized spacial score (nSPS) is 15.2. The van der Waals surface area contributed by atoms with Crippen molar-refractivity contribution in [3.8, 4) is 18.1 Å². The van der Waals surface area contributed by atoms with Gasteiger partial charge < -0.3 is 10.1 Å². The maximum Gasteiger partial charge on any atom is 0.148 e. The van der Waals surface area contributed by atoms with Gasteiger partial charge in [0.05, 0.1) is 0 Å². The monoisotopic (exact) mass is 313 g/mol. The average Bonchev–Trinajstić information content (AvgIpc) is 2.45. The van der Waals surface area contributed by atoms with E-state index in [-0.39, 0.29) is 19.0 Å². The number of hydrogen-bond donors (Lipinski definition) is 1. The molecule has 0 radical (unpaired) electrons. The molecule has 2 nitrogen and oxygen atoms in total. The predicted octanol–water partition coefficient (Wildman–Crippen LogP) is 4.20. The highest BCUT2D eigenvalue weighted by molar-refractivity contribution is 6.30. The summed E-state index contributed by atoms with van der Waals surface area (Å²) in [7, 11) is 0. The van der Waals surface area contributed by atoms with Gasteiger partial charge >= 0.3 is 0 Å². The molecule has 0 aromatic heterocycles. The van der Waals surface area contributed by atoms with E-state index >= 15 is 0 Å². The number of terminal acetylenes is 1. The Labute approximate surface area is 132 Å². The van der Waals surface area contributed by atoms with Gasteiger partial charge in [-0.25, -0.2) is 0 Å². The van der Waals surface area contributed by atoms with Crippen LogP contribution in [0.15, 0.2) is 18.2 Å². The van der Waals surface area contributed by atoms with Crippen molar-refractivity contribution in [2.75, 3.05) is 6.61 Å². The molecular formula is C16H21Cl2NO. The van der Waals surface area contributed by atoms with Gasteiger partial charge in [0.25, 0.3) is 0 Å². The third-order valence-corrected chi connectivity index (χ3v) is 3.75. The summed E-state index contributed by atoms with van der Waals surface area (Å²) in [5, 5.41) is 4.32. The van der Waals surface area contributed by atoms with Crippen LogP contribution in [0.25, 0.3) is 0 Å². The number of ether oxygens (including phenoxy) is 1. The van der Waals surface area contributed by atoms with Crippen LogP contribution in [0.3, 0.4) is 0 Å². The van der Waals surface area contributed by atoms with E-state index in [1.165, 1.54) is 32.1 Å². The van der Waals surface area contributed by atoms with Crippen molar-refractivity contribution in [2.45, 2.75) is 44.7 Å². The van der Waals surface area contributed by atoms with Crippen molar-refractivity contribution < 1.29 is 4.74 Å². The second kappa shape index (κ2) is 9.13. The molecule has 0 atom stereocenters. The number of nitrogens with one attached hydrogen (secondary N) is 1. The number of rotatable bonds is 5. The van der Waals surface area contributed by atoms with Gasteiger partial charge in [-0.05, 0) is 31.0 Å². The molecule has 20 heavy (non-hydrogen) atoms. The molecule has 0 amide bonds. The van der Waals surface area contributed by atoms with Crippen LogP contribution in [-0.2, 0) is 6.54 Å². The zero-order valence-electron chi connectivity index (χ0n) is 11.5. The first-order valence-corrected chi connectivity index (χ1v) is 7.25. The van der Waals surface area contributed by atoms with Gasteiger partial charge in [0.2, 0.25) is 0 Å². The Bertz CT molecular complexity index is 450. The van der Waals surface area contributed by atoms with Crippen LogP contribution in [0.4, 0.5) is 0 Å². The molecule has 2 rings (SSSR count). The minimum absolute atomic E-state index is 0. The second-order valence-electron chi connectivity index (χ2n) is 4.96. The molecule has 0 spiro atoms. The molecule has 0 aliphatic heterocycles. The van der Waals surface area contributed by atoms with Crippen molar-refractivity contribution in [3.63, 3.8) is 0 Å². The third kappa shape index (κ3) is 5.25. The molecular weight excluding hydrogens is 293 g/mol. The van der Waals surface area contributed by atoms with Crippen LogP contribution in [-0.4, -0.2) is 12.6 Å². The van der Waals surface area contributed by atoms with Gasteiger partial charge in [0.15, 0.2) is 0 Å². The summed E-state index contributed by atoms with van der Waals surface area (Å²) < 4.78 is 5.55. The summed E-state index contributed by atoms with van der Waals surface area (Å²) in [5.41, 5.74) is 1.08. The lowest BCUT2D eigenvalue weighted by Crippen LogP contribution is -2.30. The molecule has 0 saturated heterocycles. The van der Waals surface area contributed by atoms with Gasteiger partial charge in [-0.3, -0.25) is 0 Å². The maximum absolute atomic E-state index is 6.05. The highest BCUT2D eigenvalue weighted by Crippen LogP contribution is 2.24. The molecule has 0 heterocycles. The van der Waals surface area contributed by atoms with E-state index in [2.05, 4.69) is 11.2 Å². The van der Waals surface area contributed by atoms with E-state index in [1.807, 2.05) is 18.2 Å². The van der Waals surface area contributed by atoms with Crippen molar-refractivity contribution in [3.05, 3.63) is 28.8 Å². The number of hydrogen-bond acceptors (Lipinski definition) is 2. The van der Waals surface area contributed by atoms with Crippen LogP contribution in [0.5, 0.6) is 5.75 Å². The fraction of sp³-hybridized carbons (Fsp3) is 0.500. The topological polar surface area (TPSA) is 21.3 Å². The zero-order valence-corrected chi connectivity index (χ0v) is 13.1. The maximum atomic E-state index is 6.05. The van der Waals surface area contributed by atoms with Crippen LogP contribution in [0.1, 0.15) is 37.7 Å². The van der Waals surface area contributed by atoms with E-state index in [0.717, 1.165) is 22.9 Å². The van der Waals surface area contributed by atoms with E-state index in [4.69, 9.17) is 22.8 Å². The Hall–Kier alpha value is -0.880. The smallest absolute Gasteiger partial charge is 0.148 e. The molecule has 1 aromatic rings. The number of benzene rings is 1. The Balaban J connectivity index is 0.00000200. The van der Waals surface area contributed by atoms with E-state index in [0.29, 0.717) is 6.04 Å². The van der Waals surface area contributed by atoms with Gasteiger partial charge in [-0.1, -0.05) is 36.8 Å². The minimum Gasteiger partial charge on any atom is -0.481 e. The highest BCUT2D eigenvalue weighted by atomic mass is 35.5. The van der Waals surface area contributed by atoms with E-state index in [1.54, 1.807) is 0 Å². The molecule has 0 bridgehead atoms. The molecule has 110 valence electrons. The largest absolute Gasteiger partial charge is 0.481 e. The fourth-order valence-electron chi connectivity index (χ4n) is 2.51.